The maximum atomic E-state index is 5.99. The summed E-state index contributed by atoms with van der Waals surface area (Å²) in [7, 11) is 0. The van der Waals surface area contributed by atoms with Crippen molar-refractivity contribution in [1.29, 1.82) is 0 Å². The van der Waals surface area contributed by atoms with Crippen LogP contribution in [0.4, 0.5) is 0 Å². The largest absolute Gasteiger partial charge is 0.378 e. The normalized spacial score (nSPS) is 32.1. The lowest BCUT2D eigenvalue weighted by molar-refractivity contribution is 0.0769. The number of rotatable bonds is 5. The molecule has 0 bridgehead atoms. The third-order valence-electron chi connectivity index (χ3n) is 5.64. The van der Waals surface area contributed by atoms with E-state index in [2.05, 4.69) is 29.6 Å². The van der Waals surface area contributed by atoms with Crippen molar-refractivity contribution >= 4 is 0 Å². The summed E-state index contributed by atoms with van der Waals surface area (Å²) in [6.45, 7) is 2.12. The molecule has 1 aliphatic heterocycles. The van der Waals surface area contributed by atoms with E-state index >= 15 is 0 Å². The molecule has 1 heterocycles. The second kappa shape index (κ2) is 5.73. The molecule has 0 radical (unpaired) electrons. The lowest BCUT2D eigenvalue weighted by Crippen LogP contribution is -2.44. The Morgan fingerprint density at radius 2 is 2.05 bits per heavy atom. The predicted molar refractivity (Wildman–Crippen MR) is 85.7 cm³/mol. The average Bonchev–Trinajstić information content (AvgIpc) is 3.22. The van der Waals surface area contributed by atoms with E-state index in [1.165, 1.54) is 51.4 Å². The highest BCUT2D eigenvalue weighted by Crippen LogP contribution is 2.42. The zero-order valence-corrected chi connectivity index (χ0v) is 12.9. The monoisotopic (exact) mass is 285 g/mol. The highest BCUT2D eigenvalue weighted by atomic mass is 16.5. The van der Waals surface area contributed by atoms with Gasteiger partial charge < -0.3 is 10.1 Å². The van der Waals surface area contributed by atoms with Crippen LogP contribution >= 0.6 is 0 Å². The van der Waals surface area contributed by atoms with Crippen LogP contribution in [0, 0.1) is 0 Å². The molecule has 114 valence electrons. The summed E-state index contributed by atoms with van der Waals surface area (Å²) < 4.78 is 5.99. The van der Waals surface area contributed by atoms with Crippen LogP contribution in [-0.4, -0.2) is 25.3 Å². The van der Waals surface area contributed by atoms with E-state index in [0.717, 1.165) is 19.2 Å². The lowest BCUT2D eigenvalue weighted by atomic mass is 9.66. The summed E-state index contributed by atoms with van der Waals surface area (Å²) in [4.78, 5) is 0. The Kier molecular flexibility index (Phi) is 3.76. The second-order valence-corrected chi connectivity index (χ2v) is 7.29. The van der Waals surface area contributed by atoms with Gasteiger partial charge in [0.1, 0.15) is 0 Å². The fraction of sp³-hybridized carbons (Fsp3) is 0.684. The average molecular weight is 285 g/mol. The first kappa shape index (κ1) is 13.8. The zero-order chi connectivity index (χ0) is 14.1. The molecular formula is C19H27NO. The van der Waals surface area contributed by atoms with Crippen molar-refractivity contribution in [1.82, 2.24) is 5.32 Å². The molecule has 2 nitrogen and oxygen atoms in total. The molecule has 1 aromatic carbocycles. The predicted octanol–water partition coefficient (Wildman–Crippen LogP) is 3.58. The molecule has 1 aromatic rings. The minimum absolute atomic E-state index is 0.312. The van der Waals surface area contributed by atoms with Gasteiger partial charge in [-0.3, -0.25) is 0 Å². The lowest BCUT2D eigenvalue weighted by Gasteiger charge is -2.41. The molecule has 21 heavy (non-hydrogen) atoms. The number of hydrogen-bond donors (Lipinski definition) is 1. The van der Waals surface area contributed by atoms with Gasteiger partial charge in [0, 0.05) is 24.6 Å². The Hall–Kier alpha value is -0.860. The van der Waals surface area contributed by atoms with Crippen LogP contribution in [0.5, 0.6) is 0 Å². The molecule has 1 saturated heterocycles. The SMILES string of the molecule is c1ccc2c(c1)CCCC2(CNC1CC1)CC1CCCO1. The van der Waals surface area contributed by atoms with Crippen LogP contribution in [0.3, 0.4) is 0 Å². The first-order chi connectivity index (χ1) is 10.4. The van der Waals surface area contributed by atoms with E-state index in [9.17, 15) is 0 Å². The maximum Gasteiger partial charge on any atom is 0.0585 e. The van der Waals surface area contributed by atoms with Crippen LogP contribution in [0.25, 0.3) is 0 Å². The van der Waals surface area contributed by atoms with E-state index in [-0.39, 0.29) is 0 Å². The Balaban J connectivity index is 1.61. The van der Waals surface area contributed by atoms with Crippen molar-refractivity contribution in [3.8, 4) is 0 Å². The minimum atomic E-state index is 0.312. The molecule has 2 fully saturated rings. The van der Waals surface area contributed by atoms with E-state index in [1.54, 1.807) is 11.1 Å². The van der Waals surface area contributed by atoms with Crippen molar-refractivity contribution in [2.24, 2.45) is 0 Å². The van der Waals surface area contributed by atoms with Crippen LogP contribution in [0.15, 0.2) is 24.3 Å². The quantitative estimate of drug-likeness (QED) is 0.893. The fourth-order valence-electron chi connectivity index (χ4n) is 4.34. The van der Waals surface area contributed by atoms with Gasteiger partial charge in [0.25, 0.3) is 0 Å². The summed E-state index contributed by atoms with van der Waals surface area (Å²) >= 11 is 0. The zero-order valence-electron chi connectivity index (χ0n) is 12.9. The van der Waals surface area contributed by atoms with E-state index in [1.807, 2.05) is 0 Å². The number of nitrogens with one attached hydrogen (secondary N) is 1. The summed E-state index contributed by atoms with van der Waals surface area (Å²) in [5, 5.41) is 3.83. The van der Waals surface area contributed by atoms with Gasteiger partial charge in [0.15, 0.2) is 0 Å². The second-order valence-electron chi connectivity index (χ2n) is 7.29. The third-order valence-corrected chi connectivity index (χ3v) is 5.64. The standard InChI is InChI=1S/C19H27NO/c1-2-8-18-15(5-1)6-3-11-19(18,14-20-16-9-10-16)13-17-7-4-12-21-17/h1-2,5,8,16-17,20H,3-4,6-7,9-14H2. The molecule has 2 atom stereocenters. The van der Waals surface area contributed by atoms with Crippen molar-refractivity contribution < 1.29 is 4.74 Å². The molecule has 3 aliphatic rings. The molecular weight excluding hydrogens is 258 g/mol. The minimum Gasteiger partial charge on any atom is -0.378 e. The Morgan fingerprint density at radius 3 is 2.86 bits per heavy atom. The number of ether oxygens (including phenoxy) is 1. The summed E-state index contributed by atoms with van der Waals surface area (Å²) in [6.07, 6.45) is 10.9. The van der Waals surface area contributed by atoms with Gasteiger partial charge in [-0.2, -0.15) is 0 Å². The van der Waals surface area contributed by atoms with E-state index in [4.69, 9.17) is 4.74 Å². The number of fused-ring (bicyclic) bond motifs is 1. The maximum absolute atomic E-state index is 5.99. The molecule has 2 heteroatoms. The summed E-state index contributed by atoms with van der Waals surface area (Å²) in [6, 6.07) is 9.95. The Labute approximate surface area is 128 Å². The smallest absolute Gasteiger partial charge is 0.0585 e. The van der Waals surface area contributed by atoms with Gasteiger partial charge in [0.2, 0.25) is 0 Å². The highest BCUT2D eigenvalue weighted by Gasteiger charge is 2.40. The Bertz CT molecular complexity index is 490. The molecule has 0 amide bonds. The molecule has 1 saturated carbocycles. The van der Waals surface area contributed by atoms with Gasteiger partial charge in [-0.15, -0.1) is 0 Å². The first-order valence-corrected chi connectivity index (χ1v) is 8.79. The summed E-state index contributed by atoms with van der Waals surface area (Å²) in [5.41, 5.74) is 3.51. The molecule has 0 aromatic heterocycles. The van der Waals surface area contributed by atoms with Crippen LogP contribution in [0.2, 0.25) is 0 Å². The van der Waals surface area contributed by atoms with Gasteiger partial charge in [0.05, 0.1) is 6.10 Å². The summed E-state index contributed by atoms with van der Waals surface area (Å²) in [5.74, 6) is 0. The third kappa shape index (κ3) is 2.89. The van der Waals surface area contributed by atoms with Crippen molar-refractivity contribution in [2.75, 3.05) is 13.2 Å². The van der Waals surface area contributed by atoms with Crippen LogP contribution in [-0.2, 0) is 16.6 Å². The van der Waals surface area contributed by atoms with E-state index in [0.29, 0.717) is 11.5 Å². The van der Waals surface area contributed by atoms with Gasteiger partial charge in [-0.25, -0.2) is 0 Å². The van der Waals surface area contributed by atoms with Gasteiger partial charge >= 0.3 is 0 Å². The van der Waals surface area contributed by atoms with Crippen LogP contribution < -0.4 is 5.32 Å². The van der Waals surface area contributed by atoms with Crippen molar-refractivity contribution in [2.45, 2.75) is 68.9 Å². The highest BCUT2D eigenvalue weighted by molar-refractivity contribution is 5.37. The topological polar surface area (TPSA) is 21.3 Å². The Morgan fingerprint density at radius 1 is 1.14 bits per heavy atom. The molecule has 0 spiro atoms. The van der Waals surface area contributed by atoms with E-state index < -0.39 is 0 Å². The number of aryl methyl sites for hydroxylation is 1. The molecule has 1 N–H and O–H groups in total. The first-order valence-electron chi connectivity index (χ1n) is 8.79. The molecule has 2 unspecified atom stereocenters. The van der Waals surface area contributed by atoms with Gasteiger partial charge in [-0.05, 0) is 62.5 Å². The number of benzene rings is 1. The van der Waals surface area contributed by atoms with Crippen LogP contribution in [0.1, 0.15) is 56.1 Å². The van der Waals surface area contributed by atoms with Crippen molar-refractivity contribution in [3.05, 3.63) is 35.4 Å². The fourth-order valence-corrected chi connectivity index (χ4v) is 4.34. The van der Waals surface area contributed by atoms with Gasteiger partial charge in [-0.1, -0.05) is 24.3 Å². The molecule has 4 rings (SSSR count). The molecule has 2 aliphatic carbocycles. The van der Waals surface area contributed by atoms with Crippen molar-refractivity contribution in [3.63, 3.8) is 0 Å². The number of hydrogen-bond acceptors (Lipinski definition) is 2.